The van der Waals surface area contributed by atoms with E-state index >= 15 is 0 Å². The first-order valence-electron chi connectivity index (χ1n) is 8.60. The predicted octanol–water partition coefficient (Wildman–Crippen LogP) is 1.97. The van der Waals surface area contributed by atoms with Gasteiger partial charge < -0.3 is 14.4 Å². The molecule has 6 nitrogen and oxygen atoms in total. The number of amides is 1. The Morgan fingerprint density at radius 1 is 1.15 bits per heavy atom. The molecule has 0 bridgehead atoms. The summed E-state index contributed by atoms with van der Waals surface area (Å²) in [5.74, 6) is -1.32. The molecule has 3 atom stereocenters. The standard InChI is InChI=1S/C20H21NO5/c1-11-14-9-19(17(23)25-3,18(24)26-4)10-20(14)13-7-5-6-8-15(13)21(12(2)22)16(11)20/h5-8,14,16H,1,9-10H2,2-4H3/t14-,16-,20+/m0/s1. The number of benzene rings is 1. The smallest absolute Gasteiger partial charge is 0.323 e. The Balaban J connectivity index is 1.91. The lowest BCUT2D eigenvalue weighted by Crippen LogP contribution is -2.60. The molecule has 26 heavy (non-hydrogen) atoms. The number of hydrogen-bond donors (Lipinski definition) is 0. The van der Waals surface area contributed by atoms with Gasteiger partial charge in [0.1, 0.15) is 0 Å². The van der Waals surface area contributed by atoms with E-state index in [0.717, 1.165) is 16.8 Å². The second kappa shape index (κ2) is 5.19. The molecule has 2 saturated carbocycles. The normalized spacial score (nSPS) is 30.0. The molecule has 2 fully saturated rings. The van der Waals surface area contributed by atoms with Gasteiger partial charge >= 0.3 is 11.9 Å². The molecule has 0 saturated heterocycles. The van der Waals surface area contributed by atoms with E-state index in [9.17, 15) is 14.4 Å². The molecule has 2 aliphatic carbocycles. The van der Waals surface area contributed by atoms with Crippen molar-refractivity contribution in [2.24, 2.45) is 11.3 Å². The number of nitrogens with zero attached hydrogens (tertiary/aromatic N) is 1. The Labute approximate surface area is 151 Å². The molecule has 4 rings (SSSR count). The van der Waals surface area contributed by atoms with Crippen molar-refractivity contribution in [3.05, 3.63) is 42.0 Å². The lowest BCUT2D eigenvalue weighted by Gasteiger charge is -2.52. The summed E-state index contributed by atoms with van der Waals surface area (Å²) in [4.78, 5) is 39.4. The lowest BCUT2D eigenvalue weighted by molar-refractivity contribution is -0.169. The highest BCUT2D eigenvalue weighted by Gasteiger charge is 2.76. The topological polar surface area (TPSA) is 72.9 Å². The van der Waals surface area contributed by atoms with E-state index in [2.05, 4.69) is 6.58 Å². The van der Waals surface area contributed by atoms with Crippen molar-refractivity contribution in [2.45, 2.75) is 31.2 Å². The van der Waals surface area contributed by atoms with Crippen LogP contribution in [-0.2, 0) is 29.3 Å². The van der Waals surface area contributed by atoms with Crippen LogP contribution in [-0.4, -0.2) is 38.1 Å². The van der Waals surface area contributed by atoms with Gasteiger partial charge in [0, 0.05) is 18.0 Å². The minimum atomic E-state index is -1.37. The fourth-order valence-electron chi connectivity index (χ4n) is 5.58. The highest BCUT2D eigenvalue weighted by Crippen LogP contribution is 2.72. The maximum absolute atomic E-state index is 12.6. The van der Waals surface area contributed by atoms with Gasteiger partial charge in [-0.1, -0.05) is 24.8 Å². The average molecular weight is 355 g/mol. The summed E-state index contributed by atoms with van der Waals surface area (Å²) in [5.41, 5.74) is 0.838. The van der Waals surface area contributed by atoms with Gasteiger partial charge in [0.05, 0.1) is 20.3 Å². The van der Waals surface area contributed by atoms with Crippen LogP contribution in [0.1, 0.15) is 25.3 Å². The second-order valence-electron chi connectivity index (χ2n) is 7.42. The highest BCUT2D eigenvalue weighted by atomic mass is 16.5. The van der Waals surface area contributed by atoms with E-state index < -0.39 is 22.8 Å². The molecule has 0 unspecified atom stereocenters. The van der Waals surface area contributed by atoms with Gasteiger partial charge in [-0.2, -0.15) is 0 Å². The molecule has 1 aliphatic heterocycles. The maximum atomic E-state index is 12.6. The largest absolute Gasteiger partial charge is 0.468 e. The highest BCUT2D eigenvalue weighted by molar-refractivity contribution is 6.03. The Morgan fingerprint density at radius 3 is 2.35 bits per heavy atom. The maximum Gasteiger partial charge on any atom is 0.323 e. The predicted molar refractivity (Wildman–Crippen MR) is 93.4 cm³/mol. The van der Waals surface area contributed by atoms with E-state index in [1.165, 1.54) is 21.1 Å². The van der Waals surface area contributed by atoms with Crippen molar-refractivity contribution in [1.29, 1.82) is 0 Å². The minimum Gasteiger partial charge on any atom is -0.468 e. The van der Waals surface area contributed by atoms with Gasteiger partial charge in [-0.25, -0.2) is 0 Å². The van der Waals surface area contributed by atoms with Gasteiger partial charge in [0.25, 0.3) is 0 Å². The first-order valence-corrected chi connectivity index (χ1v) is 8.60. The fourth-order valence-corrected chi connectivity index (χ4v) is 5.58. The van der Waals surface area contributed by atoms with Gasteiger partial charge in [-0.15, -0.1) is 0 Å². The van der Waals surface area contributed by atoms with Crippen LogP contribution in [0.5, 0.6) is 0 Å². The van der Waals surface area contributed by atoms with Gasteiger partial charge in [0.15, 0.2) is 5.41 Å². The minimum absolute atomic E-state index is 0.0730. The van der Waals surface area contributed by atoms with Crippen LogP contribution in [0, 0.1) is 11.3 Å². The third kappa shape index (κ3) is 1.65. The fraction of sp³-hybridized carbons (Fsp3) is 0.450. The van der Waals surface area contributed by atoms with Crippen molar-refractivity contribution in [3.63, 3.8) is 0 Å². The Hall–Kier alpha value is -2.63. The number of carbonyl (C=O) groups excluding carboxylic acids is 3. The Kier molecular flexibility index (Phi) is 3.36. The third-order valence-corrected chi connectivity index (χ3v) is 6.47. The van der Waals surface area contributed by atoms with Crippen molar-refractivity contribution in [2.75, 3.05) is 19.1 Å². The molecule has 1 amide bonds. The number of fused-ring (bicyclic) bond motifs is 1. The quantitative estimate of drug-likeness (QED) is 0.461. The zero-order valence-electron chi connectivity index (χ0n) is 15.1. The summed E-state index contributed by atoms with van der Waals surface area (Å²) in [6.45, 7) is 5.72. The van der Waals surface area contributed by atoms with Gasteiger partial charge in [-0.3, -0.25) is 14.4 Å². The van der Waals surface area contributed by atoms with Crippen molar-refractivity contribution < 1.29 is 23.9 Å². The van der Waals surface area contributed by atoms with Crippen LogP contribution in [0.4, 0.5) is 5.69 Å². The summed E-state index contributed by atoms with van der Waals surface area (Å²) in [6.07, 6.45) is 0.552. The second-order valence-corrected chi connectivity index (χ2v) is 7.42. The summed E-state index contributed by atoms with van der Waals surface area (Å²) in [6, 6.07) is 7.46. The van der Waals surface area contributed by atoms with Crippen molar-refractivity contribution in [1.82, 2.24) is 0 Å². The number of methoxy groups -OCH3 is 2. The molecule has 136 valence electrons. The SMILES string of the molecule is C=C1[C@@H]2N(C(C)=O)c3ccccc3[C@@]23CC(C(=O)OC)(C(=O)OC)C[C@@H]13. The van der Waals surface area contributed by atoms with Crippen molar-refractivity contribution >= 4 is 23.5 Å². The van der Waals surface area contributed by atoms with E-state index in [0.29, 0.717) is 6.42 Å². The molecule has 0 N–H and O–H groups in total. The molecule has 1 heterocycles. The van der Waals surface area contributed by atoms with Crippen LogP contribution in [0.25, 0.3) is 0 Å². The summed E-state index contributed by atoms with van der Waals surface area (Å²) in [7, 11) is 2.56. The Morgan fingerprint density at radius 2 is 1.77 bits per heavy atom. The zero-order chi connectivity index (χ0) is 18.9. The molecular weight excluding hydrogens is 334 g/mol. The molecular formula is C20H21NO5. The van der Waals surface area contributed by atoms with Crippen LogP contribution >= 0.6 is 0 Å². The monoisotopic (exact) mass is 355 g/mol. The Bertz CT molecular complexity index is 844. The van der Waals surface area contributed by atoms with Crippen LogP contribution in [0.3, 0.4) is 0 Å². The molecule has 1 aromatic rings. The third-order valence-electron chi connectivity index (χ3n) is 6.47. The molecule has 1 aromatic carbocycles. The number of esters is 2. The first kappa shape index (κ1) is 16.8. The number of carbonyl (C=O) groups is 3. The summed E-state index contributed by atoms with van der Waals surface area (Å²) < 4.78 is 9.96. The molecule has 0 aromatic heterocycles. The number of anilines is 1. The first-order chi connectivity index (χ1) is 12.3. The van der Waals surface area contributed by atoms with E-state index in [-0.39, 0.29) is 24.3 Å². The van der Waals surface area contributed by atoms with Crippen LogP contribution < -0.4 is 4.90 Å². The average Bonchev–Trinajstić information content (AvgIpc) is 3.11. The van der Waals surface area contributed by atoms with Crippen LogP contribution in [0.15, 0.2) is 36.4 Å². The van der Waals surface area contributed by atoms with E-state index in [1.807, 2.05) is 24.3 Å². The molecule has 0 radical (unpaired) electrons. The number of ether oxygens (including phenoxy) is 2. The number of para-hydroxylation sites is 1. The summed E-state index contributed by atoms with van der Waals surface area (Å²) in [5, 5.41) is 0. The van der Waals surface area contributed by atoms with Crippen molar-refractivity contribution in [3.8, 4) is 0 Å². The number of rotatable bonds is 2. The van der Waals surface area contributed by atoms with Gasteiger partial charge in [-0.05, 0) is 36.0 Å². The molecule has 3 aliphatic rings. The zero-order valence-corrected chi connectivity index (χ0v) is 15.1. The number of hydrogen-bond acceptors (Lipinski definition) is 5. The molecule has 6 heteroatoms. The summed E-state index contributed by atoms with van der Waals surface area (Å²) >= 11 is 0. The van der Waals surface area contributed by atoms with E-state index in [1.54, 1.807) is 4.90 Å². The lowest BCUT2D eigenvalue weighted by atomic mass is 9.54. The molecule has 1 spiro atoms. The van der Waals surface area contributed by atoms with E-state index in [4.69, 9.17) is 9.47 Å². The van der Waals surface area contributed by atoms with Crippen LogP contribution in [0.2, 0.25) is 0 Å². The van der Waals surface area contributed by atoms with Gasteiger partial charge in [0.2, 0.25) is 5.91 Å².